The van der Waals surface area contributed by atoms with Crippen molar-refractivity contribution in [2.45, 2.75) is 32.7 Å². The molecule has 6 heteroatoms. The summed E-state index contributed by atoms with van der Waals surface area (Å²) in [6, 6.07) is 7.67. The van der Waals surface area contributed by atoms with Gasteiger partial charge in [0.25, 0.3) is 5.91 Å². The number of H-pyrrole nitrogens is 1. The van der Waals surface area contributed by atoms with E-state index in [0.717, 1.165) is 23.3 Å². The van der Waals surface area contributed by atoms with Crippen LogP contribution in [0.25, 0.3) is 11.1 Å². The number of rotatable bonds is 8. The van der Waals surface area contributed by atoms with E-state index in [1.165, 1.54) is 0 Å². The van der Waals surface area contributed by atoms with Crippen molar-refractivity contribution in [3.8, 4) is 16.9 Å². The van der Waals surface area contributed by atoms with Crippen molar-refractivity contribution in [1.82, 2.24) is 15.6 Å². The Bertz CT molecular complexity index is 724. The molecule has 3 N–H and O–H groups in total. The number of methoxy groups -OCH3 is 1. The van der Waals surface area contributed by atoms with E-state index >= 15 is 0 Å². The lowest BCUT2D eigenvalue weighted by Gasteiger charge is -2.11. The van der Waals surface area contributed by atoms with Crippen LogP contribution < -0.4 is 15.4 Å². The molecular weight excluding hydrogens is 318 g/mol. The van der Waals surface area contributed by atoms with Gasteiger partial charge in [-0.05, 0) is 31.0 Å². The minimum atomic E-state index is -0.213. The van der Waals surface area contributed by atoms with Gasteiger partial charge in [0, 0.05) is 37.0 Å². The van der Waals surface area contributed by atoms with Crippen LogP contribution in [0.1, 0.15) is 37.0 Å². The maximum Gasteiger partial charge on any atom is 0.253 e. The molecule has 0 saturated heterocycles. The van der Waals surface area contributed by atoms with Gasteiger partial charge in [0.05, 0.1) is 12.7 Å². The van der Waals surface area contributed by atoms with Crippen LogP contribution in [-0.2, 0) is 4.79 Å². The van der Waals surface area contributed by atoms with Gasteiger partial charge >= 0.3 is 0 Å². The van der Waals surface area contributed by atoms with E-state index in [4.69, 9.17) is 4.74 Å². The Morgan fingerprint density at radius 2 is 2.08 bits per heavy atom. The smallest absolute Gasteiger partial charge is 0.253 e. The van der Waals surface area contributed by atoms with E-state index in [1.807, 2.05) is 38.1 Å². The lowest BCUT2D eigenvalue weighted by Crippen LogP contribution is -2.35. The van der Waals surface area contributed by atoms with Gasteiger partial charge in [0.2, 0.25) is 5.91 Å². The summed E-state index contributed by atoms with van der Waals surface area (Å²) in [6.07, 6.45) is 4.57. The Hall–Kier alpha value is -2.76. The standard InChI is InChI=1S/C19H25N3O3/c1-4-13(2)22-18(23)8-9-21-19(24)17-12-20-11-16(17)14-6-5-7-15(10-14)25-3/h5-7,10-13,20H,4,8-9H2,1-3H3,(H,21,24)(H,22,23)/t13-/m0/s1. The molecule has 0 aliphatic rings. The largest absolute Gasteiger partial charge is 0.497 e. The molecule has 1 atom stereocenters. The molecule has 1 heterocycles. The summed E-state index contributed by atoms with van der Waals surface area (Å²) < 4.78 is 5.23. The van der Waals surface area contributed by atoms with Crippen molar-refractivity contribution in [3.05, 3.63) is 42.2 Å². The highest BCUT2D eigenvalue weighted by molar-refractivity contribution is 6.01. The molecule has 0 unspecified atom stereocenters. The third-order valence-corrected chi connectivity index (χ3v) is 4.03. The van der Waals surface area contributed by atoms with Crippen LogP contribution in [0.2, 0.25) is 0 Å². The Morgan fingerprint density at radius 1 is 1.28 bits per heavy atom. The molecule has 2 aromatic rings. The van der Waals surface area contributed by atoms with E-state index in [9.17, 15) is 9.59 Å². The molecule has 0 fully saturated rings. The third kappa shape index (κ3) is 5.11. The van der Waals surface area contributed by atoms with Crippen molar-refractivity contribution in [1.29, 1.82) is 0 Å². The second-order valence-corrected chi connectivity index (χ2v) is 5.90. The molecule has 134 valence electrons. The second kappa shape index (κ2) is 8.92. The van der Waals surface area contributed by atoms with Crippen LogP contribution in [0, 0.1) is 0 Å². The van der Waals surface area contributed by atoms with Crippen molar-refractivity contribution >= 4 is 11.8 Å². The highest BCUT2D eigenvalue weighted by atomic mass is 16.5. The molecule has 2 amide bonds. The zero-order valence-electron chi connectivity index (χ0n) is 14.9. The summed E-state index contributed by atoms with van der Waals surface area (Å²) in [6.45, 7) is 4.26. The summed E-state index contributed by atoms with van der Waals surface area (Å²) in [5, 5.41) is 5.67. The number of aromatic amines is 1. The number of amides is 2. The summed E-state index contributed by atoms with van der Waals surface area (Å²) in [4.78, 5) is 27.1. The maximum absolute atomic E-state index is 12.4. The number of ether oxygens (including phenoxy) is 1. The fourth-order valence-electron chi connectivity index (χ4n) is 2.41. The van der Waals surface area contributed by atoms with Crippen LogP contribution in [0.15, 0.2) is 36.7 Å². The molecule has 25 heavy (non-hydrogen) atoms. The second-order valence-electron chi connectivity index (χ2n) is 5.90. The zero-order valence-corrected chi connectivity index (χ0v) is 14.9. The molecule has 0 aliphatic heterocycles. The predicted octanol–water partition coefficient (Wildman–Crippen LogP) is 2.72. The minimum absolute atomic E-state index is 0.0586. The first-order valence-electron chi connectivity index (χ1n) is 8.44. The van der Waals surface area contributed by atoms with Crippen LogP contribution >= 0.6 is 0 Å². The fraction of sp³-hybridized carbons (Fsp3) is 0.368. The molecule has 0 saturated carbocycles. The van der Waals surface area contributed by atoms with E-state index in [1.54, 1.807) is 19.5 Å². The first-order valence-corrected chi connectivity index (χ1v) is 8.44. The molecule has 0 bridgehead atoms. The van der Waals surface area contributed by atoms with Crippen molar-refractivity contribution in [2.24, 2.45) is 0 Å². The molecule has 2 rings (SSSR count). The van der Waals surface area contributed by atoms with E-state index < -0.39 is 0 Å². The minimum Gasteiger partial charge on any atom is -0.497 e. The van der Waals surface area contributed by atoms with Crippen molar-refractivity contribution in [2.75, 3.05) is 13.7 Å². The number of carbonyl (C=O) groups is 2. The highest BCUT2D eigenvalue weighted by Gasteiger charge is 2.15. The van der Waals surface area contributed by atoms with E-state index in [-0.39, 0.29) is 24.3 Å². The van der Waals surface area contributed by atoms with Gasteiger partial charge in [-0.25, -0.2) is 0 Å². The number of benzene rings is 1. The molecule has 0 spiro atoms. The van der Waals surface area contributed by atoms with Crippen LogP contribution in [0.5, 0.6) is 5.75 Å². The summed E-state index contributed by atoms with van der Waals surface area (Å²) in [5.41, 5.74) is 2.22. The summed E-state index contributed by atoms with van der Waals surface area (Å²) in [5.74, 6) is 0.457. The molecule has 0 radical (unpaired) electrons. The highest BCUT2D eigenvalue weighted by Crippen LogP contribution is 2.26. The predicted molar refractivity (Wildman–Crippen MR) is 97.6 cm³/mol. The van der Waals surface area contributed by atoms with E-state index in [2.05, 4.69) is 15.6 Å². The van der Waals surface area contributed by atoms with Gasteiger partial charge in [-0.15, -0.1) is 0 Å². The Labute approximate surface area is 148 Å². The molecular formula is C19H25N3O3. The Balaban J connectivity index is 1.97. The van der Waals surface area contributed by atoms with Gasteiger partial charge < -0.3 is 20.4 Å². The average molecular weight is 343 g/mol. The Kier molecular flexibility index (Phi) is 6.62. The lowest BCUT2D eigenvalue weighted by molar-refractivity contribution is -0.121. The van der Waals surface area contributed by atoms with Crippen LogP contribution in [0.3, 0.4) is 0 Å². The van der Waals surface area contributed by atoms with Gasteiger partial charge in [-0.3, -0.25) is 9.59 Å². The van der Waals surface area contributed by atoms with Crippen molar-refractivity contribution < 1.29 is 14.3 Å². The summed E-state index contributed by atoms with van der Waals surface area (Å²) in [7, 11) is 1.61. The number of hydrogen-bond donors (Lipinski definition) is 3. The number of carbonyl (C=O) groups excluding carboxylic acids is 2. The Morgan fingerprint density at radius 3 is 2.80 bits per heavy atom. The quantitative estimate of drug-likeness (QED) is 0.689. The summed E-state index contributed by atoms with van der Waals surface area (Å²) >= 11 is 0. The first kappa shape index (κ1) is 18.6. The normalized spacial score (nSPS) is 11.6. The number of hydrogen-bond acceptors (Lipinski definition) is 3. The fourth-order valence-corrected chi connectivity index (χ4v) is 2.41. The zero-order chi connectivity index (χ0) is 18.2. The first-order chi connectivity index (χ1) is 12.0. The third-order valence-electron chi connectivity index (χ3n) is 4.03. The molecule has 1 aromatic heterocycles. The van der Waals surface area contributed by atoms with Crippen LogP contribution in [0.4, 0.5) is 0 Å². The van der Waals surface area contributed by atoms with Crippen LogP contribution in [-0.4, -0.2) is 36.5 Å². The van der Waals surface area contributed by atoms with E-state index in [0.29, 0.717) is 12.1 Å². The lowest BCUT2D eigenvalue weighted by atomic mass is 10.0. The molecule has 0 aliphatic carbocycles. The molecule has 1 aromatic carbocycles. The monoisotopic (exact) mass is 343 g/mol. The number of nitrogens with one attached hydrogen (secondary N) is 3. The maximum atomic E-state index is 12.4. The topological polar surface area (TPSA) is 83.2 Å². The average Bonchev–Trinajstić information content (AvgIpc) is 3.11. The van der Waals surface area contributed by atoms with Gasteiger partial charge in [-0.1, -0.05) is 19.1 Å². The SMILES string of the molecule is CC[C@H](C)NC(=O)CCNC(=O)c1c[nH]cc1-c1cccc(OC)c1. The van der Waals surface area contributed by atoms with Gasteiger partial charge in [-0.2, -0.15) is 0 Å². The van der Waals surface area contributed by atoms with Gasteiger partial charge in [0.15, 0.2) is 0 Å². The number of aromatic nitrogens is 1. The van der Waals surface area contributed by atoms with Gasteiger partial charge in [0.1, 0.15) is 5.75 Å². The molecule has 6 nitrogen and oxygen atoms in total. The van der Waals surface area contributed by atoms with Crippen molar-refractivity contribution in [3.63, 3.8) is 0 Å².